The second-order valence-corrected chi connectivity index (χ2v) is 5.34. The molecule has 0 saturated heterocycles. The van der Waals surface area contributed by atoms with Crippen molar-refractivity contribution in [2.24, 2.45) is 11.8 Å². The Morgan fingerprint density at radius 3 is 2.56 bits per heavy atom. The SMILES string of the molecule is CCCCC(NC(=O)N(C)CC1CC1C)C(=O)O. The highest BCUT2D eigenvalue weighted by atomic mass is 16.4. The number of rotatable bonds is 7. The zero-order valence-electron chi connectivity index (χ0n) is 11.5. The summed E-state index contributed by atoms with van der Waals surface area (Å²) in [4.78, 5) is 24.5. The maximum atomic E-state index is 11.8. The number of urea groups is 1. The second kappa shape index (κ2) is 6.61. The number of unbranched alkanes of at least 4 members (excludes halogenated alkanes) is 1. The molecule has 5 heteroatoms. The third-order valence-corrected chi connectivity index (χ3v) is 3.57. The molecule has 1 saturated carbocycles. The average molecular weight is 256 g/mol. The van der Waals surface area contributed by atoms with E-state index in [2.05, 4.69) is 12.2 Å². The minimum atomic E-state index is -0.954. The highest BCUT2D eigenvalue weighted by Crippen LogP contribution is 2.37. The van der Waals surface area contributed by atoms with Crippen LogP contribution in [0.3, 0.4) is 0 Å². The molecule has 104 valence electrons. The Bertz CT molecular complexity index is 307. The first-order valence-corrected chi connectivity index (χ1v) is 6.70. The monoisotopic (exact) mass is 256 g/mol. The molecule has 0 spiro atoms. The van der Waals surface area contributed by atoms with Gasteiger partial charge in [0.2, 0.25) is 0 Å². The number of hydrogen-bond donors (Lipinski definition) is 2. The van der Waals surface area contributed by atoms with Crippen LogP contribution < -0.4 is 5.32 Å². The van der Waals surface area contributed by atoms with E-state index in [9.17, 15) is 9.59 Å². The van der Waals surface area contributed by atoms with Gasteiger partial charge in [-0.3, -0.25) is 0 Å². The highest BCUT2D eigenvalue weighted by molar-refractivity contribution is 5.82. The minimum absolute atomic E-state index is 0.280. The Morgan fingerprint density at radius 1 is 1.50 bits per heavy atom. The van der Waals surface area contributed by atoms with Gasteiger partial charge in [-0.05, 0) is 24.7 Å². The lowest BCUT2D eigenvalue weighted by Crippen LogP contribution is -2.47. The Balaban J connectivity index is 2.36. The molecule has 2 amide bonds. The maximum Gasteiger partial charge on any atom is 0.326 e. The van der Waals surface area contributed by atoms with Gasteiger partial charge in [-0.2, -0.15) is 0 Å². The van der Waals surface area contributed by atoms with Crippen LogP contribution in [0.1, 0.15) is 39.5 Å². The van der Waals surface area contributed by atoms with E-state index in [0.717, 1.165) is 19.3 Å². The fraction of sp³-hybridized carbons (Fsp3) is 0.846. The third kappa shape index (κ3) is 4.55. The van der Waals surface area contributed by atoms with E-state index in [1.807, 2.05) is 6.92 Å². The van der Waals surface area contributed by atoms with Gasteiger partial charge < -0.3 is 15.3 Å². The molecule has 3 atom stereocenters. The van der Waals surface area contributed by atoms with Gasteiger partial charge in [0, 0.05) is 13.6 Å². The lowest BCUT2D eigenvalue weighted by atomic mass is 10.1. The third-order valence-electron chi connectivity index (χ3n) is 3.57. The summed E-state index contributed by atoms with van der Waals surface area (Å²) in [7, 11) is 1.72. The molecule has 1 fully saturated rings. The van der Waals surface area contributed by atoms with Crippen LogP contribution in [0.25, 0.3) is 0 Å². The molecular formula is C13H24N2O3. The summed E-state index contributed by atoms with van der Waals surface area (Å²) in [6.07, 6.45) is 3.39. The largest absolute Gasteiger partial charge is 0.480 e. The van der Waals surface area contributed by atoms with Gasteiger partial charge in [0.05, 0.1) is 0 Å². The summed E-state index contributed by atoms with van der Waals surface area (Å²) in [6.45, 7) is 4.88. The van der Waals surface area contributed by atoms with E-state index in [-0.39, 0.29) is 6.03 Å². The molecule has 1 rings (SSSR count). The summed E-state index contributed by atoms with van der Waals surface area (Å²) < 4.78 is 0. The lowest BCUT2D eigenvalue weighted by molar-refractivity contribution is -0.139. The summed E-state index contributed by atoms with van der Waals surface area (Å²) in [6, 6.07) is -1.05. The number of carbonyl (C=O) groups is 2. The van der Waals surface area contributed by atoms with Crippen molar-refractivity contribution < 1.29 is 14.7 Å². The van der Waals surface area contributed by atoms with Crippen LogP contribution in [0.2, 0.25) is 0 Å². The fourth-order valence-corrected chi connectivity index (χ4v) is 2.01. The normalized spacial score (nSPS) is 23.3. The van der Waals surface area contributed by atoms with Gasteiger partial charge in [-0.1, -0.05) is 26.7 Å². The molecule has 0 bridgehead atoms. The predicted molar refractivity (Wildman–Crippen MR) is 69.4 cm³/mol. The fourth-order valence-electron chi connectivity index (χ4n) is 2.01. The van der Waals surface area contributed by atoms with E-state index in [0.29, 0.717) is 24.8 Å². The average Bonchev–Trinajstić information content (AvgIpc) is 2.99. The molecule has 0 aromatic carbocycles. The number of nitrogens with zero attached hydrogens (tertiary/aromatic N) is 1. The number of amides is 2. The van der Waals surface area contributed by atoms with Crippen molar-refractivity contribution in [1.82, 2.24) is 10.2 Å². The molecule has 0 aliphatic heterocycles. The quantitative estimate of drug-likeness (QED) is 0.731. The molecule has 2 N–H and O–H groups in total. The van der Waals surface area contributed by atoms with Crippen molar-refractivity contribution in [3.63, 3.8) is 0 Å². The molecule has 0 heterocycles. The molecule has 0 radical (unpaired) electrons. The van der Waals surface area contributed by atoms with Crippen molar-refractivity contribution in [2.75, 3.05) is 13.6 Å². The first kappa shape index (κ1) is 14.8. The van der Waals surface area contributed by atoms with Gasteiger partial charge >= 0.3 is 12.0 Å². The Morgan fingerprint density at radius 2 is 2.11 bits per heavy atom. The summed E-state index contributed by atoms with van der Waals surface area (Å²) >= 11 is 0. The van der Waals surface area contributed by atoms with E-state index in [1.165, 1.54) is 0 Å². The topological polar surface area (TPSA) is 69.6 Å². The van der Waals surface area contributed by atoms with Crippen LogP contribution in [0.15, 0.2) is 0 Å². The Labute approximate surface area is 109 Å². The second-order valence-electron chi connectivity index (χ2n) is 5.34. The van der Waals surface area contributed by atoms with E-state index < -0.39 is 12.0 Å². The van der Waals surface area contributed by atoms with E-state index >= 15 is 0 Å². The lowest BCUT2D eigenvalue weighted by Gasteiger charge is -2.21. The van der Waals surface area contributed by atoms with Crippen LogP contribution >= 0.6 is 0 Å². The zero-order valence-corrected chi connectivity index (χ0v) is 11.5. The molecule has 18 heavy (non-hydrogen) atoms. The zero-order chi connectivity index (χ0) is 13.7. The number of carboxylic acid groups (broad SMARTS) is 1. The Hall–Kier alpha value is -1.26. The van der Waals surface area contributed by atoms with E-state index in [1.54, 1.807) is 11.9 Å². The first-order valence-electron chi connectivity index (χ1n) is 6.70. The van der Waals surface area contributed by atoms with Crippen LogP contribution in [-0.4, -0.2) is 41.6 Å². The van der Waals surface area contributed by atoms with Crippen molar-refractivity contribution in [3.05, 3.63) is 0 Å². The number of nitrogens with one attached hydrogen (secondary N) is 1. The molecule has 1 aliphatic carbocycles. The van der Waals surface area contributed by atoms with Crippen LogP contribution in [0, 0.1) is 11.8 Å². The smallest absolute Gasteiger partial charge is 0.326 e. The predicted octanol–water partition coefficient (Wildman–Crippen LogP) is 1.93. The summed E-state index contributed by atoms with van der Waals surface area (Å²) in [5.41, 5.74) is 0. The minimum Gasteiger partial charge on any atom is -0.480 e. The van der Waals surface area contributed by atoms with Crippen LogP contribution in [-0.2, 0) is 4.79 Å². The van der Waals surface area contributed by atoms with Crippen molar-refractivity contribution in [3.8, 4) is 0 Å². The van der Waals surface area contributed by atoms with Crippen molar-refractivity contribution in [2.45, 2.75) is 45.6 Å². The first-order chi connectivity index (χ1) is 8.45. The van der Waals surface area contributed by atoms with Gasteiger partial charge in [0.1, 0.15) is 6.04 Å². The Kier molecular flexibility index (Phi) is 5.44. The van der Waals surface area contributed by atoms with Crippen LogP contribution in [0.4, 0.5) is 4.79 Å². The molecule has 0 aromatic heterocycles. The van der Waals surface area contributed by atoms with Crippen molar-refractivity contribution >= 4 is 12.0 Å². The molecule has 0 aromatic rings. The molecular weight excluding hydrogens is 232 g/mol. The van der Waals surface area contributed by atoms with Gasteiger partial charge in [-0.25, -0.2) is 9.59 Å². The molecule has 5 nitrogen and oxygen atoms in total. The summed E-state index contributed by atoms with van der Waals surface area (Å²) in [5.74, 6) is 0.320. The summed E-state index contributed by atoms with van der Waals surface area (Å²) in [5, 5.41) is 11.6. The number of hydrogen-bond acceptors (Lipinski definition) is 2. The van der Waals surface area contributed by atoms with Gasteiger partial charge in [0.25, 0.3) is 0 Å². The van der Waals surface area contributed by atoms with E-state index in [4.69, 9.17) is 5.11 Å². The highest BCUT2D eigenvalue weighted by Gasteiger charge is 2.34. The maximum absolute atomic E-state index is 11.8. The number of aliphatic carboxylic acids is 1. The van der Waals surface area contributed by atoms with Gasteiger partial charge in [-0.15, -0.1) is 0 Å². The van der Waals surface area contributed by atoms with Crippen LogP contribution in [0.5, 0.6) is 0 Å². The van der Waals surface area contributed by atoms with Crippen molar-refractivity contribution in [1.29, 1.82) is 0 Å². The number of carbonyl (C=O) groups excluding carboxylic acids is 1. The number of carboxylic acids is 1. The van der Waals surface area contributed by atoms with Gasteiger partial charge in [0.15, 0.2) is 0 Å². The molecule has 1 aliphatic rings. The molecule has 3 unspecified atom stereocenters. The standard InChI is InChI=1S/C13H24N2O3/c1-4-5-6-11(12(16)17)14-13(18)15(3)8-10-7-9(10)2/h9-11H,4-8H2,1-3H3,(H,14,18)(H,16,17).